The fraction of sp³-hybridized carbons (Fsp3) is 0.0667. The van der Waals surface area contributed by atoms with Crippen LogP contribution in [-0.4, -0.2) is 15.7 Å². The standard InChI is InChI=1S/C15H11BrN2O/c1-10-2-7-14-17-15(13(9-19)18(14)8-10)11-3-5-12(16)6-4-11/h2-9H,1H3. The normalized spacial score (nSPS) is 10.8. The van der Waals surface area contributed by atoms with E-state index in [1.165, 1.54) is 0 Å². The van der Waals surface area contributed by atoms with E-state index in [4.69, 9.17) is 0 Å². The van der Waals surface area contributed by atoms with Crippen molar-refractivity contribution < 1.29 is 4.79 Å². The van der Waals surface area contributed by atoms with Crippen LogP contribution in [0.4, 0.5) is 0 Å². The molecule has 0 unspecified atom stereocenters. The van der Waals surface area contributed by atoms with Crippen molar-refractivity contribution in [1.29, 1.82) is 0 Å². The molecule has 2 heterocycles. The highest BCUT2D eigenvalue weighted by Crippen LogP contribution is 2.25. The fourth-order valence-corrected chi connectivity index (χ4v) is 2.37. The van der Waals surface area contributed by atoms with E-state index in [2.05, 4.69) is 20.9 Å². The lowest BCUT2D eigenvalue weighted by molar-refractivity contribution is 0.111. The van der Waals surface area contributed by atoms with Gasteiger partial charge in [0.15, 0.2) is 6.29 Å². The van der Waals surface area contributed by atoms with Crippen LogP contribution >= 0.6 is 15.9 Å². The van der Waals surface area contributed by atoms with Crippen molar-refractivity contribution in [3.8, 4) is 11.3 Å². The predicted octanol–water partition coefficient (Wildman–Crippen LogP) is 3.88. The zero-order valence-electron chi connectivity index (χ0n) is 10.3. The Morgan fingerprint density at radius 1 is 1.16 bits per heavy atom. The number of carbonyl (C=O) groups is 1. The SMILES string of the molecule is Cc1ccc2nc(-c3ccc(Br)cc3)c(C=O)n2c1. The Morgan fingerprint density at radius 2 is 1.89 bits per heavy atom. The van der Waals surface area contributed by atoms with E-state index in [0.717, 1.165) is 27.5 Å². The van der Waals surface area contributed by atoms with Gasteiger partial charge in [-0.15, -0.1) is 0 Å². The molecule has 2 aromatic heterocycles. The van der Waals surface area contributed by atoms with Crippen LogP contribution in [0, 0.1) is 6.92 Å². The number of halogens is 1. The van der Waals surface area contributed by atoms with Crippen LogP contribution in [-0.2, 0) is 0 Å². The van der Waals surface area contributed by atoms with Crippen molar-refractivity contribution in [3.05, 3.63) is 58.3 Å². The number of aromatic nitrogens is 2. The summed E-state index contributed by atoms with van der Waals surface area (Å²) in [6.45, 7) is 1.99. The smallest absolute Gasteiger partial charge is 0.169 e. The molecule has 3 aromatic rings. The van der Waals surface area contributed by atoms with Gasteiger partial charge in [-0.3, -0.25) is 9.20 Å². The van der Waals surface area contributed by atoms with Crippen LogP contribution in [0.5, 0.6) is 0 Å². The molecule has 0 saturated heterocycles. The lowest BCUT2D eigenvalue weighted by Crippen LogP contribution is -1.93. The molecule has 3 nitrogen and oxygen atoms in total. The molecule has 0 aliphatic rings. The molecule has 0 aliphatic carbocycles. The van der Waals surface area contributed by atoms with E-state index in [9.17, 15) is 4.79 Å². The van der Waals surface area contributed by atoms with Gasteiger partial charge in [0.2, 0.25) is 0 Å². The van der Waals surface area contributed by atoms with Crippen LogP contribution in [0.25, 0.3) is 16.9 Å². The van der Waals surface area contributed by atoms with Crippen molar-refractivity contribution >= 4 is 27.9 Å². The number of aldehydes is 1. The molecule has 0 N–H and O–H groups in total. The first-order valence-electron chi connectivity index (χ1n) is 5.89. The number of hydrogen-bond donors (Lipinski definition) is 0. The van der Waals surface area contributed by atoms with Gasteiger partial charge in [-0.1, -0.05) is 34.1 Å². The van der Waals surface area contributed by atoms with Crippen molar-refractivity contribution in [3.63, 3.8) is 0 Å². The van der Waals surface area contributed by atoms with Gasteiger partial charge in [-0.25, -0.2) is 4.98 Å². The molecule has 0 amide bonds. The molecule has 0 atom stereocenters. The third-order valence-corrected chi connectivity index (χ3v) is 3.56. The van der Waals surface area contributed by atoms with E-state index in [1.54, 1.807) is 0 Å². The molecule has 94 valence electrons. The Labute approximate surface area is 119 Å². The molecule has 0 fully saturated rings. The quantitative estimate of drug-likeness (QED) is 0.673. The van der Waals surface area contributed by atoms with Crippen molar-refractivity contribution in [1.82, 2.24) is 9.38 Å². The van der Waals surface area contributed by atoms with E-state index in [-0.39, 0.29) is 0 Å². The van der Waals surface area contributed by atoms with Gasteiger partial charge in [0.05, 0.1) is 0 Å². The highest BCUT2D eigenvalue weighted by atomic mass is 79.9. The van der Waals surface area contributed by atoms with Gasteiger partial charge in [0.25, 0.3) is 0 Å². The van der Waals surface area contributed by atoms with Gasteiger partial charge in [-0.2, -0.15) is 0 Å². The zero-order valence-corrected chi connectivity index (χ0v) is 11.9. The van der Waals surface area contributed by atoms with Crippen molar-refractivity contribution in [2.45, 2.75) is 6.92 Å². The summed E-state index contributed by atoms with van der Waals surface area (Å²) in [5, 5.41) is 0. The van der Waals surface area contributed by atoms with E-state index >= 15 is 0 Å². The average molecular weight is 315 g/mol. The third kappa shape index (κ3) is 2.08. The summed E-state index contributed by atoms with van der Waals surface area (Å²) in [5.41, 5.74) is 4.11. The predicted molar refractivity (Wildman–Crippen MR) is 78.5 cm³/mol. The Hall–Kier alpha value is -1.94. The number of nitrogens with zero attached hydrogens (tertiary/aromatic N) is 2. The number of rotatable bonds is 2. The molecule has 3 rings (SSSR count). The molecule has 0 aliphatic heterocycles. The Kier molecular flexibility index (Phi) is 2.95. The van der Waals surface area contributed by atoms with Crippen molar-refractivity contribution in [2.24, 2.45) is 0 Å². The fourth-order valence-electron chi connectivity index (χ4n) is 2.10. The van der Waals surface area contributed by atoms with E-state index in [1.807, 2.05) is 53.9 Å². The first kappa shape index (κ1) is 12.1. The molecule has 1 aromatic carbocycles. The Balaban J connectivity index is 2.28. The summed E-state index contributed by atoms with van der Waals surface area (Å²) in [7, 11) is 0. The molecular weight excluding hydrogens is 304 g/mol. The van der Waals surface area contributed by atoms with Crippen LogP contribution in [0.15, 0.2) is 47.1 Å². The highest BCUT2D eigenvalue weighted by Gasteiger charge is 2.13. The highest BCUT2D eigenvalue weighted by molar-refractivity contribution is 9.10. The monoisotopic (exact) mass is 314 g/mol. The van der Waals surface area contributed by atoms with Gasteiger partial charge in [0.1, 0.15) is 17.0 Å². The number of aryl methyl sites for hydroxylation is 1. The van der Waals surface area contributed by atoms with Crippen LogP contribution < -0.4 is 0 Å². The van der Waals surface area contributed by atoms with E-state index < -0.39 is 0 Å². The lowest BCUT2D eigenvalue weighted by Gasteiger charge is -1.99. The molecule has 0 bridgehead atoms. The number of carbonyl (C=O) groups excluding carboxylic acids is 1. The second-order valence-corrected chi connectivity index (χ2v) is 5.32. The number of benzene rings is 1. The number of imidazole rings is 1. The minimum Gasteiger partial charge on any atom is -0.296 e. The molecule has 19 heavy (non-hydrogen) atoms. The molecule has 4 heteroatoms. The second kappa shape index (κ2) is 4.63. The summed E-state index contributed by atoms with van der Waals surface area (Å²) < 4.78 is 2.84. The number of pyridine rings is 1. The first-order chi connectivity index (χ1) is 9.19. The first-order valence-corrected chi connectivity index (χ1v) is 6.68. The molecular formula is C15H11BrN2O. The number of fused-ring (bicyclic) bond motifs is 1. The molecule has 0 saturated carbocycles. The Bertz CT molecular complexity index is 760. The van der Waals surface area contributed by atoms with Gasteiger partial charge < -0.3 is 0 Å². The zero-order chi connectivity index (χ0) is 13.4. The van der Waals surface area contributed by atoms with E-state index in [0.29, 0.717) is 11.4 Å². The topological polar surface area (TPSA) is 34.4 Å². The summed E-state index contributed by atoms with van der Waals surface area (Å²) in [4.78, 5) is 15.9. The average Bonchev–Trinajstić information content (AvgIpc) is 2.77. The maximum Gasteiger partial charge on any atom is 0.169 e. The van der Waals surface area contributed by atoms with Crippen LogP contribution in [0.2, 0.25) is 0 Å². The molecule has 0 radical (unpaired) electrons. The minimum absolute atomic E-state index is 0.584. The lowest BCUT2D eigenvalue weighted by atomic mass is 10.1. The van der Waals surface area contributed by atoms with Gasteiger partial charge in [0, 0.05) is 16.2 Å². The van der Waals surface area contributed by atoms with Gasteiger partial charge >= 0.3 is 0 Å². The summed E-state index contributed by atoms with van der Waals surface area (Å²) in [6.07, 6.45) is 2.78. The third-order valence-electron chi connectivity index (χ3n) is 3.03. The molecule has 0 spiro atoms. The van der Waals surface area contributed by atoms with Crippen molar-refractivity contribution in [2.75, 3.05) is 0 Å². The van der Waals surface area contributed by atoms with Crippen LogP contribution in [0.1, 0.15) is 16.1 Å². The second-order valence-electron chi connectivity index (χ2n) is 4.41. The van der Waals surface area contributed by atoms with Crippen LogP contribution in [0.3, 0.4) is 0 Å². The van der Waals surface area contributed by atoms with Gasteiger partial charge in [-0.05, 0) is 30.7 Å². The summed E-state index contributed by atoms with van der Waals surface area (Å²) >= 11 is 3.40. The summed E-state index contributed by atoms with van der Waals surface area (Å²) in [5.74, 6) is 0. The maximum atomic E-state index is 11.4. The Morgan fingerprint density at radius 3 is 2.58 bits per heavy atom. The maximum absolute atomic E-state index is 11.4. The minimum atomic E-state index is 0.584. The number of hydrogen-bond acceptors (Lipinski definition) is 2. The summed E-state index contributed by atoms with van der Waals surface area (Å²) in [6, 6.07) is 11.7. The largest absolute Gasteiger partial charge is 0.296 e.